The van der Waals surface area contributed by atoms with Crippen LogP contribution < -0.4 is 15.0 Å². The van der Waals surface area contributed by atoms with Gasteiger partial charge in [0.25, 0.3) is 5.92 Å². The maximum atomic E-state index is 15.1. The van der Waals surface area contributed by atoms with Gasteiger partial charge in [-0.25, -0.2) is 18.0 Å². The number of alkyl carbamates (subject to hydrolysis) is 1. The summed E-state index contributed by atoms with van der Waals surface area (Å²) in [6, 6.07) is 3.62. The number of nitrogens with zero attached hydrogens (tertiary/aromatic N) is 4. The smallest absolute Gasteiger partial charge is 0.408 e. The number of aromatic nitrogens is 2. The van der Waals surface area contributed by atoms with Crippen LogP contribution in [-0.4, -0.2) is 77.4 Å². The average molecular weight is 624 g/mol. The van der Waals surface area contributed by atoms with E-state index in [-0.39, 0.29) is 17.9 Å². The zero-order valence-electron chi connectivity index (χ0n) is 26.4. The molecule has 0 radical (unpaired) electrons. The van der Waals surface area contributed by atoms with Crippen molar-refractivity contribution in [1.29, 1.82) is 0 Å². The molecular formula is C31H44F3N5O5. The van der Waals surface area contributed by atoms with Crippen molar-refractivity contribution in [2.24, 2.45) is 11.8 Å². The molecule has 0 bridgehead atoms. The number of carbonyl (C=O) groups excluding carboxylic acids is 2. The summed E-state index contributed by atoms with van der Waals surface area (Å²) in [5.74, 6) is -2.14. The molecule has 2 amide bonds. The molecule has 2 aromatic rings. The van der Waals surface area contributed by atoms with Crippen molar-refractivity contribution >= 4 is 18.0 Å². The van der Waals surface area contributed by atoms with Crippen molar-refractivity contribution in [2.45, 2.75) is 90.7 Å². The molecule has 4 rings (SSSR count). The summed E-state index contributed by atoms with van der Waals surface area (Å²) in [6.45, 7) is 11.8. The fourth-order valence-corrected chi connectivity index (χ4v) is 5.39. The Morgan fingerprint density at radius 1 is 1.16 bits per heavy atom. The van der Waals surface area contributed by atoms with E-state index in [0.717, 1.165) is 37.3 Å². The van der Waals surface area contributed by atoms with Crippen LogP contribution in [0.1, 0.15) is 78.1 Å². The molecule has 2 saturated heterocycles. The first-order valence-corrected chi connectivity index (χ1v) is 15.3. The third-order valence-corrected chi connectivity index (χ3v) is 8.00. The predicted octanol–water partition coefficient (Wildman–Crippen LogP) is 5.57. The van der Waals surface area contributed by atoms with Gasteiger partial charge in [-0.05, 0) is 63.5 Å². The molecule has 10 nitrogen and oxygen atoms in total. The lowest BCUT2D eigenvalue weighted by Gasteiger charge is -2.40. The third-order valence-electron chi connectivity index (χ3n) is 8.00. The van der Waals surface area contributed by atoms with E-state index in [9.17, 15) is 18.4 Å². The van der Waals surface area contributed by atoms with E-state index in [0.29, 0.717) is 36.0 Å². The van der Waals surface area contributed by atoms with E-state index in [4.69, 9.17) is 14.0 Å². The number of nitrogens with one attached hydrogen (secondary N) is 1. The van der Waals surface area contributed by atoms with Gasteiger partial charge in [0.1, 0.15) is 23.2 Å². The highest BCUT2D eigenvalue weighted by molar-refractivity contribution is 5.86. The second-order valence-corrected chi connectivity index (χ2v) is 13.2. The maximum Gasteiger partial charge on any atom is 0.408 e. The topological polar surface area (TPSA) is 110 Å². The van der Waals surface area contributed by atoms with Gasteiger partial charge in [0.2, 0.25) is 5.91 Å². The first kappa shape index (κ1) is 33.4. The highest BCUT2D eigenvalue weighted by Crippen LogP contribution is 2.31. The minimum atomic E-state index is -2.97. The lowest BCUT2D eigenvalue weighted by molar-refractivity contribution is -0.167. The number of benzene rings is 1. The Bertz CT molecular complexity index is 1280. The van der Waals surface area contributed by atoms with Crippen LogP contribution in [0.25, 0.3) is 0 Å². The average Bonchev–Trinajstić information content (AvgIpc) is 3.42. The number of hydrogen-bond donors (Lipinski definition) is 1. The van der Waals surface area contributed by atoms with E-state index in [1.54, 1.807) is 26.8 Å². The van der Waals surface area contributed by atoms with Crippen molar-refractivity contribution in [2.75, 3.05) is 37.7 Å². The van der Waals surface area contributed by atoms with Crippen LogP contribution in [0.15, 0.2) is 22.7 Å². The molecule has 44 heavy (non-hydrogen) atoms. The van der Waals surface area contributed by atoms with E-state index in [2.05, 4.69) is 27.3 Å². The molecule has 13 heteroatoms. The van der Waals surface area contributed by atoms with Crippen molar-refractivity contribution < 1.29 is 36.8 Å². The normalized spacial score (nSPS) is 18.5. The van der Waals surface area contributed by atoms with Gasteiger partial charge in [-0.2, -0.15) is 4.98 Å². The summed E-state index contributed by atoms with van der Waals surface area (Å²) < 4.78 is 58.4. The summed E-state index contributed by atoms with van der Waals surface area (Å²) in [4.78, 5) is 32.8. The molecule has 2 aliphatic rings. The van der Waals surface area contributed by atoms with Crippen LogP contribution in [0, 0.1) is 17.7 Å². The molecule has 0 aliphatic carbocycles. The Labute approximate surface area is 256 Å². The third kappa shape index (κ3) is 9.01. The number of likely N-dealkylation sites (tertiary alicyclic amines) is 1. The van der Waals surface area contributed by atoms with E-state index in [1.165, 1.54) is 12.1 Å². The number of halogens is 3. The number of ether oxygens (including phenoxy) is 2. The molecule has 2 atom stereocenters. The maximum absolute atomic E-state index is 15.1. The molecule has 0 spiro atoms. The Morgan fingerprint density at radius 3 is 2.41 bits per heavy atom. The van der Waals surface area contributed by atoms with Crippen LogP contribution in [0.3, 0.4) is 0 Å². The fraction of sp³-hybridized carbons (Fsp3) is 0.677. The summed E-state index contributed by atoms with van der Waals surface area (Å²) in [6.07, 6.45) is 1.66. The number of rotatable bonds is 11. The van der Waals surface area contributed by atoms with Crippen LogP contribution >= 0.6 is 0 Å². The molecule has 3 heterocycles. The Balaban J connectivity index is 1.27. The van der Waals surface area contributed by atoms with Gasteiger partial charge >= 0.3 is 12.1 Å². The largest absolute Gasteiger partial charge is 0.493 e. The lowest BCUT2D eigenvalue weighted by atomic mass is 9.84. The number of amides is 2. The van der Waals surface area contributed by atoms with Gasteiger partial charge in [0.05, 0.1) is 19.7 Å². The Hall–Kier alpha value is -3.51. The number of carbonyl (C=O) groups is 2. The highest BCUT2D eigenvalue weighted by atomic mass is 19.3. The molecule has 2 aliphatic heterocycles. The van der Waals surface area contributed by atoms with Crippen molar-refractivity contribution in [3.8, 4) is 5.75 Å². The Morgan fingerprint density at radius 2 is 1.84 bits per heavy atom. The van der Waals surface area contributed by atoms with Gasteiger partial charge in [-0.1, -0.05) is 32.0 Å². The summed E-state index contributed by atoms with van der Waals surface area (Å²) >= 11 is 0. The molecule has 244 valence electrons. The van der Waals surface area contributed by atoms with E-state index >= 15 is 4.39 Å². The molecule has 2 unspecified atom stereocenters. The zero-order chi connectivity index (χ0) is 32.2. The first-order chi connectivity index (χ1) is 20.6. The summed E-state index contributed by atoms with van der Waals surface area (Å²) in [5.41, 5.74) is -0.700. The monoisotopic (exact) mass is 623 g/mol. The molecule has 1 aromatic heterocycles. The predicted molar refractivity (Wildman–Crippen MR) is 157 cm³/mol. The standard InChI is InChI=1S/C31H44F3N5O5/c1-19(2)26-36-28(44-37-26)38-12-9-21(10-13-38)20(3)11-14-42-23-8-7-22(24(32)16-23)15-25(35-29(41)43-30(4,5)6)27(40)39-17-31(33,34)18-39/h7-8,16,19-21,25H,9-15,17-18H2,1-6H3,(H,35,41). The van der Waals surface area contributed by atoms with Crippen molar-refractivity contribution in [3.63, 3.8) is 0 Å². The van der Waals surface area contributed by atoms with Crippen LogP contribution in [0.4, 0.5) is 24.0 Å². The molecule has 0 saturated carbocycles. The zero-order valence-corrected chi connectivity index (χ0v) is 26.4. The lowest BCUT2D eigenvalue weighted by Crippen LogP contribution is -2.63. The molecule has 1 aromatic carbocycles. The molecule has 2 fully saturated rings. The van der Waals surface area contributed by atoms with Crippen LogP contribution in [0.2, 0.25) is 0 Å². The van der Waals surface area contributed by atoms with Crippen LogP contribution in [0.5, 0.6) is 5.75 Å². The number of alkyl halides is 2. The van der Waals surface area contributed by atoms with Gasteiger partial charge in [-0.15, -0.1) is 0 Å². The molecular weight excluding hydrogens is 579 g/mol. The van der Waals surface area contributed by atoms with E-state index in [1.807, 2.05) is 13.8 Å². The second-order valence-electron chi connectivity index (χ2n) is 13.2. The first-order valence-electron chi connectivity index (χ1n) is 15.3. The number of piperidine rings is 1. The number of hydrogen-bond acceptors (Lipinski definition) is 8. The number of anilines is 1. The van der Waals surface area contributed by atoms with Crippen LogP contribution in [-0.2, 0) is 16.0 Å². The Kier molecular flexibility index (Phi) is 10.3. The second kappa shape index (κ2) is 13.6. The quantitative estimate of drug-likeness (QED) is 0.346. The van der Waals surface area contributed by atoms with Crippen molar-refractivity contribution in [3.05, 3.63) is 35.4 Å². The molecule has 1 N–H and O–H groups in total. The minimum absolute atomic E-state index is 0.140. The SMILES string of the molecule is CC(C)c1noc(N2CCC(C(C)CCOc3ccc(CC(NC(=O)OC(C)(C)C)C(=O)N4CC(F)(F)C4)c(F)c3)CC2)n1. The van der Waals surface area contributed by atoms with Gasteiger partial charge < -0.3 is 29.1 Å². The summed E-state index contributed by atoms with van der Waals surface area (Å²) in [5, 5.41) is 6.48. The highest BCUT2D eigenvalue weighted by Gasteiger charge is 2.48. The van der Waals surface area contributed by atoms with E-state index < -0.39 is 48.5 Å². The fourth-order valence-electron chi connectivity index (χ4n) is 5.39. The van der Waals surface area contributed by atoms with Gasteiger partial charge in [0, 0.05) is 31.5 Å². The van der Waals surface area contributed by atoms with Gasteiger partial charge in [0.15, 0.2) is 5.82 Å². The minimum Gasteiger partial charge on any atom is -0.493 e. The van der Waals surface area contributed by atoms with Gasteiger partial charge in [-0.3, -0.25) is 4.79 Å². The van der Waals surface area contributed by atoms with Crippen molar-refractivity contribution in [1.82, 2.24) is 20.4 Å². The summed E-state index contributed by atoms with van der Waals surface area (Å²) in [7, 11) is 0.